The van der Waals surface area contributed by atoms with Gasteiger partial charge < -0.3 is 20.1 Å². The van der Waals surface area contributed by atoms with Gasteiger partial charge >= 0.3 is 0 Å². The quantitative estimate of drug-likeness (QED) is 0.682. The van der Waals surface area contributed by atoms with Gasteiger partial charge in [0, 0.05) is 25.2 Å². The Morgan fingerprint density at radius 1 is 1.17 bits per heavy atom. The van der Waals surface area contributed by atoms with Gasteiger partial charge in [0.25, 0.3) is 0 Å². The standard InChI is InChI=1S/C15H22N2O2.C9H10O/c1-3-16-8-10-19-14-7-6-13(11-12(14)2)17-9-4-5-15(17)18;10-9-5-3-8(4-6-9)7-1-2-7/h6-7,11,16H,3-5,8-10H2,1-2H3;3-7,10H,1-2H2. The number of hydrogen-bond donors (Lipinski definition) is 2. The molecule has 0 bridgehead atoms. The number of carbonyl (C=O) groups excluding carboxylic acids is 1. The number of carbonyl (C=O) groups is 1. The van der Waals surface area contributed by atoms with E-state index in [9.17, 15) is 4.79 Å². The van der Waals surface area contributed by atoms with Crippen LogP contribution >= 0.6 is 0 Å². The molecule has 0 spiro atoms. The molecule has 2 aliphatic rings. The van der Waals surface area contributed by atoms with Crippen LogP contribution in [0.4, 0.5) is 5.69 Å². The van der Waals surface area contributed by atoms with E-state index in [2.05, 4.69) is 12.2 Å². The Balaban J connectivity index is 0.000000200. The summed E-state index contributed by atoms with van der Waals surface area (Å²) in [5.41, 5.74) is 3.44. The molecule has 156 valence electrons. The van der Waals surface area contributed by atoms with Crippen LogP contribution in [0.1, 0.15) is 49.7 Å². The molecule has 0 atom stereocenters. The van der Waals surface area contributed by atoms with E-state index >= 15 is 0 Å². The van der Waals surface area contributed by atoms with Crippen LogP contribution in [-0.2, 0) is 4.79 Å². The number of amides is 1. The minimum Gasteiger partial charge on any atom is -0.508 e. The van der Waals surface area contributed by atoms with Crippen molar-refractivity contribution >= 4 is 11.6 Å². The van der Waals surface area contributed by atoms with E-state index in [-0.39, 0.29) is 5.91 Å². The first-order valence-electron chi connectivity index (χ1n) is 10.6. The third-order valence-corrected chi connectivity index (χ3v) is 5.27. The lowest BCUT2D eigenvalue weighted by atomic mass is 10.1. The van der Waals surface area contributed by atoms with Crippen molar-refractivity contribution in [3.05, 3.63) is 53.6 Å². The average molecular weight is 397 g/mol. The summed E-state index contributed by atoms with van der Waals surface area (Å²) >= 11 is 0. The number of benzene rings is 2. The second kappa shape index (κ2) is 10.3. The second-order valence-electron chi connectivity index (χ2n) is 7.67. The van der Waals surface area contributed by atoms with E-state index in [0.29, 0.717) is 18.8 Å². The maximum atomic E-state index is 11.7. The molecule has 1 saturated heterocycles. The largest absolute Gasteiger partial charge is 0.508 e. The van der Waals surface area contributed by atoms with Crippen molar-refractivity contribution in [3.63, 3.8) is 0 Å². The molecule has 4 rings (SSSR count). The molecule has 1 aliphatic heterocycles. The molecule has 5 heteroatoms. The number of aromatic hydroxyl groups is 1. The smallest absolute Gasteiger partial charge is 0.227 e. The van der Waals surface area contributed by atoms with Crippen LogP contribution in [0, 0.1) is 6.92 Å². The monoisotopic (exact) mass is 396 g/mol. The predicted octanol–water partition coefficient (Wildman–Crippen LogP) is 4.38. The molecule has 5 nitrogen and oxygen atoms in total. The SMILES string of the molecule is CCNCCOc1ccc(N2CCCC2=O)cc1C.Oc1ccc(C2CC2)cc1. The molecular formula is C24H32N2O3. The number of anilines is 1. The molecule has 0 aromatic heterocycles. The molecule has 2 aromatic rings. The molecule has 1 heterocycles. The first kappa shape index (κ1) is 21.2. The van der Waals surface area contributed by atoms with Gasteiger partial charge in [-0.25, -0.2) is 0 Å². The summed E-state index contributed by atoms with van der Waals surface area (Å²) in [5, 5.41) is 12.2. The number of ether oxygens (including phenoxy) is 1. The lowest BCUT2D eigenvalue weighted by Crippen LogP contribution is -2.23. The molecule has 0 radical (unpaired) electrons. The zero-order valence-electron chi connectivity index (χ0n) is 17.5. The molecule has 2 aromatic carbocycles. The van der Waals surface area contributed by atoms with E-state index in [1.807, 2.05) is 42.2 Å². The number of phenolic OH excluding ortho intramolecular Hbond substituents is 1. The molecule has 2 N–H and O–H groups in total. The molecule has 0 unspecified atom stereocenters. The Bertz CT molecular complexity index is 800. The van der Waals surface area contributed by atoms with Crippen LogP contribution < -0.4 is 15.0 Å². The second-order valence-corrected chi connectivity index (χ2v) is 7.67. The number of aryl methyl sites for hydroxylation is 1. The lowest BCUT2D eigenvalue weighted by molar-refractivity contribution is -0.117. The van der Waals surface area contributed by atoms with E-state index < -0.39 is 0 Å². The Morgan fingerprint density at radius 2 is 1.93 bits per heavy atom. The maximum absolute atomic E-state index is 11.7. The highest BCUT2D eigenvalue weighted by atomic mass is 16.5. The van der Waals surface area contributed by atoms with Crippen molar-refractivity contribution in [2.75, 3.05) is 31.1 Å². The average Bonchev–Trinajstić information content (AvgIpc) is 3.48. The van der Waals surface area contributed by atoms with Gasteiger partial charge in [0.2, 0.25) is 5.91 Å². The van der Waals surface area contributed by atoms with Crippen LogP contribution in [0.3, 0.4) is 0 Å². The third kappa shape index (κ3) is 6.23. The zero-order chi connectivity index (χ0) is 20.6. The number of hydrogen-bond acceptors (Lipinski definition) is 4. The normalized spacial score (nSPS) is 15.8. The lowest BCUT2D eigenvalue weighted by Gasteiger charge is -2.17. The van der Waals surface area contributed by atoms with Crippen LogP contribution in [0.5, 0.6) is 11.5 Å². The van der Waals surface area contributed by atoms with Crippen LogP contribution in [0.15, 0.2) is 42.5 Å². The molecule has 2 fully saturated rings. The Hall–Kier alpha value is -2.53. The number of nitrogens with one attached hydrogen (secondary N) is 1. The van der Waals surface area contributed by atoms with Gasteiger partial charge in [-0.05, 0) is 80.1 Å². The van der Waals surface area contributed by atoms with E-state index in [1.54, 1.807) is 12.1 Å². The number of nitrogens with zero attached hydrogens (tertiary/aromatic N) is 1. The van der Waals surface area contributed by atoms with Gasteiger partial charge in [-0.1, -0.05) is 19.1 Å². The van der Waals surface area contributed by atoms with Gasteiger partial charge in [0.15, 0.2) is 0 Å². The maximum Gasteiger partial charge on any atom is 0.227 e. The third-order valence-electron chi connectivity index (χ3n) is 5.27. The van der Waals surface area contributed by atoms with Gasteiger partial charge in [0.05, 0.1) is 0 Å². The fraction of sp³-hybridized carbons (Fsp3) is 0.458. The molecule has 1 amide bonds. The summed E-state index contributed by atoms with van der Waals surface area (Å²) < 4.78 is 5.72. The van der Waals surface area contributed by atoms with Gasteiger partial charge in [-0.2, -0.15) is 0 Å². The van der Waals surface area contributed by atoms with Crippen molar-refractivity contribution in [1.29, 1.82) is 0 Å². The Morgan fingerprint density at radius 3 is 2.52 bits per heavy atom. The zero-order valence-corrected chi connectivity index (χ0v) is 17.5. The fourth-order valence-electron chi connectivity index (χ4n) is 3.46. The fourth-order valence-corrected chi connectivity index (χ4v) is 3.46. The van der Waals surface area contributed by atoms with Crippen molar-refractivity contribution in [1.82, 2.24) is 5.32 Å². The first-order valence-corrected chi connectivity index (χ1v) is 10.6. The van der Waals surface area contributed by atoms with Crippen molar-refractivity contribution in [2.24, 2.45) is 0 Å². The van der Waals surface area contributed by atoms with Crippen LogP contribution in [-0.4, -0.2) is 37.3 Å². The van der Waals surface area contributed by atoms with E-state index in [1.165, 1.54) is 18.4 Å². The Labute approximate surface area is 173 Å². The van der Waals surface area contributed by atoms with Crippen molar-refractivity contribution in [3.8, 4) is 11.5 Å². The molecule has 1 saturated carbocycles. The molecule has 1 aliphatic carbocycles. The van der Waals surface area contributed by atoms with Gasteiger partial charge in [0.1, 0.15) is 18.1 Å². The summed E-state index contributed by atoms with van der Waals surface area (Å²) in [7, 11) is 0. The Kier molecular flexibility index (Phi) is 7.53. The van der Waals surface area contributed by atoms with Crippen molar-refractivity contribution < 1.29 is 14.6 Å². The summed E-state index contributed by atoms with van der Waals surface area (Å²) in [6, 6.07) is 13.5. The van der Waals surface area contributed by atoms with E-state index in [4.69, 9.17) is 9.84 Å². The molecule has 29 heavy (non-hydrogen) atoms. The summed E-state index contributed by atoms with van der Waals surface area (Å²) in [5.74, 6) is 2.28. The highest BCUT2D eigenvalue weighted by Crippen LogP contribution is 2.40. The first-order chi connectivity index (χ1) is 14.1. The highest BCUT2D eigenvalue weighted by molar-refractivity contribution is 5.95. The minimum absolute atomic E-state index is 0.222. The number of phenols is 1. The summed E-state index contributed by atoms with van der Waals surface area (Å²) in [4.78, 5) is 13.6. The predicted molar refractivity (Wildman–Crippen MR) is 117 cm³/mol. The highest BCUT2D eigenvalue weighted by Gasteiger charge is 2.23. The number of rotatable bonds is 7. The van der Waals surface area contributed by atoms with Crippen LogP contribution in [0.25, 0.3) is 0 Å². The van der Waals surface area contributed by atoms with Gasteiger partial charge in [-0.3, -0.25) is 4.79 Å². The summed E-state index contributed by atoms with van der Waals surface area (Å²) in [6.45, 7) is 7.40. The van der Waals surface area contributed by atoms with E-state index in [0.717, 1.165) is 49.0 Å². The molecular weight excluding hydrogens is 364 g/mol. The summed E-state index contributed by atoms with van der Waals surface area (Å²) in [6.07, 6.45) is 4.27. The van der Waals surface area contributed by atoms with Crippen molar-refractivity contribution in [2.45, 2.75) is 45.4 Å². The van der Waals surface area contributed by atoms with Gasteiger partial charge in [-0.15, -0.1) is 0 Å². The van der Waals surface area contributed by atoms with Crippen LogP contribution in [0.2, 0.25) is 0 Å². The topological polar surface area (TPSA) is 61.8 Å². The number of likely N-dealkylation sites (N-methyl/N-ethyl adjacent to an activating group) is 1. The minimum atomic E-state index is 0.222.